The lowest BCUT2D eigenvalue weighted by atomic mass is 10.5. The summed E-state index contributed by atoms with van der Waals surface area (Å²) in [5.41, 5.74) is 0. The van der Waals surface area contributed by atoms with E-state index in [2.05, 4.69) is 0 Å². The van der Waals surface area contributed by atoms with Crippen molar-refractivity contribution in [2.75, 3.05) is 14.1 Å². The van der Waals surface area contributed by atoms with Crippen LogP contribution in [0.2, 0.25) is 0 Å². The smallest absolute Gasteiger partial charge is 0.314 e. The molecule has 0 saturated carbocycles. The summed E-state index contributed by atoms with van der Waals surface area (Å²) in [5.74, 6) is -2.62. The minimum atomic E-state index is -1.31. The van der Waals surface area contributed by atoms with Crippen LogP contribution < -0.4 is 0 Å². The fourth-order valence-electron chi connectivity index (χ4n) is 0.129. The number of hydrogen-bond donors (Lipinski definition) is 2. The van der Waals surface area contributed by atoms with Gasteiger partial charge in [0.1, 0.15) is 6.42 Å². The molecule has 0 spiro atoms. The Morgan fingerprint density at radius 2 is 1.50 bits per heavy atom. The van der Waals surface area contributed by atoms with Crippen molar-refractivity contribution in [1.82, 2.24) is 4.90 Å². The molecule has 0 fully saturated rings. The predicted octanol–water partition coefficient (Wildman–Crippen LogP) is -0.750. The van der Waals surface area contributed by atoms with Gasteiger partial charge in [-0.1, -0.05) is 0 Å². The van der Waals surface area contributed by atoms with Crippen molar-refractivity contribution in [2.24, 2.45) is 0 Å². The molecule has 0 bridgehead atoms. The van der Waals surface area contributed by atoms with E-state index >= 15 is 0 Å². The van der Waals surface area contributed by atoms with Crippen LogP contribution in [0.25, 0.3) is 0 Å². The Kier molecular flexibility index (Phi) is 8.16. The SMILES string of the molecule is CN(C)C=O.O=C(O)CC(=O)O. The fraction of sp³-hybridized carbons (Fsp3) is 0.500. The van der Waals surface area contributed by atoms with E-state index in [0.717, 1.165) is 6.41 Å². The molecule has 70 valence electrons. The van der Waals surface area contributed by atoms with E-state index in [-0.39, 0.29) is 0 Å². The highest BCUT2D eigenvalue weighted by atomic mass is 16.4. The largest absolute Gasteiger partial charge is 0.481 e. The van der Waals surface area contributed by atoms with Crippen LogP contribution in [0, 0.1) is 0 Å². The molecule has 0 heterocycles. The first kappa shape index (κ1) is 13.0. The van der Waals surface area contributed by atoms with Crippen molar-refractivity contribution < 1.29 is 24.6 Å². The Balaban J connectivity index is 0. The summed E-state index contributed by atoms with van der Waals surface area (Å²) in [5, 5.41) is 15.4. The number of amides is 1. The molecule has 0 atom stereocenters. The van der Waals surface area contributed by atoms with Crippen molar-refractivity contribution in [3.8, 4) is 0 Å². The van der Waals surface area contributed by atoms with Gasteiger partial charge in [-0.3, -0.25) is 14.4 Å². The molecule has 0 aromatic rings. The molecule has 0 unspecified atom stereocenters. The zero-order valence-corrected chi connectivity index (χ0v) is 6.85. The molecular weight excluding hydrogens is 166 g/mol. The van der Waals surface area contributed by atoms with Crippen molar-refractivity contribution in [2.45, 2.75) is 6.42 Å². The Morgan fingerprint density at radius 1 is 1.25 bits per heavy atom. The molecule has 0 aromatic heterocycles. The summed E-state index contributed by atoms with van der Waals surface area (Å²) in [6.07, 6.45) is -0.0556. The minimum absolute atomic E-state index is 0.750. The predicted molar refractivity (Wildman–Crippen MR) is 39.6 cm³/mol. The van der Waals surface area contributed by atoms with Gasteiger partial charge in [-0.2, -0.15) is 0 Å². The van der Waals surface area contributed by atoms with Gasteiger partial charge in [0.2, 0.25) is 6.41 Å². The maximum Gasteiger partial charge on any atom is 0.314 e. The minimum Gasteiger partial charge on any atom is -0.481 e. The molecule has 0 aliphatic heterocycles. The Hall–Kier alpha value is -1.59. The van der Waals surface area contributed by atoms with Crippen molar-refractivity contribution >= 4 is 18.3 Å². The van der Waals surface area contributed by atoms with Crippen LogP contribution in [-0.4, -0.2) is 47.6 Å². The van der Waals surface area contributed by atoms with Gasteiger partial charge in [-0.15, -0.1) is 0 Å². The van der Waals surface area contributed by atoms with Gasteiger partial charge in [0, 0.05) is 14.1 Å². The highest BCUT2D eigenvalue weighted by Gasteiger charge is 2.01. The second-order valence-electron chi connectivity index (χ2n) is 2.03. The first-order valence-corrected chi connectivity index (χ1v) is 2.95. The Morgan fingerprint density at radius 3 is 1.50 bits per heavy atom. The van der Waals surface area contributed by atoms with E-state index in [1.165, 1.54) is 4.90 Å². The summed E-state index contributed by atoms with van der Waals surface area (Å²) in [7, 11) is 3.38. The second kappa shape index (κ2) is 7.52. The molecule has 6 nitrogen and oxygen atoms in total. The van der Waals surface area contributed by atoms with Gasteiger partial charge in [-0.05, 0) is 0 Å². The number of carbonyl (C=O) groups excluding carboxylic acids is 1. The first-order chi connectivity index (χ1) is 5.40. The zero-order chi connectivity index (χ0) is 10.1. The summed E-state index contributed by atoms with van der Waals surface area (Å²) >= 11 is 0. The number of carboxylic acid groups (broad SMARTS) is 2. The number of nitrogens with zero attached hydrogens (tertiary/aromatic N) is 1. The molecule has 0 saturated heterocycles. The lowest BCUT2D eigenvalue weighted by Crippen LogP contribution is -2.06. The molecule has 0 radical (unpaired) electrons. The normalized spacial score (nSPS) is 7.50. The zero-order valence-electron chi connectivity index (χ0n) is 6.85. The Bertz CT molecular complexity index is 153. The fourth-order valence-corrected chi connectivity index (χ4v) is 0.129. The summed E-state index contributed by atoms with van der Waals surface area (Å²) < 4.78 is 0. The topological polar surface area (TPSA) is 94.9 Å². The highest BCUT2D eigenvalue weighted by Crippen LogP contribution is 1.74. The second-order valence-corrected chi connectivity index (χ2v) is 2.03. The van der Waals surface area contributed by atoms with Crippen molar-refractivity contribution in [3.05, 3.63) is 0 Å². The van der Waals surface area contributed by atoms with Gasteiger partial charge >= 0.3 is 11.9 Å². The van der Waals surface area contributed by atoms with Crippen LogP contribution in [0.3, 0.4) is 0 Å². The summed E-state index contributed by atoms with van der Waals surface area (Å²) in [6.45, 7) is 0. The van der Waals surface area contributed by atoms with E-state index in [0.29, 0.717) is 0 Å². The van der Waals surface area contributed by atoms with Crippen LogP contribution >= 0.6 is 0 Å². The maximum atomic E-state index is 9.43. The summed E-state index contributed by atoms with van der Waals surface area (Å²) in [6, 6.07) is 0. The van der Waals surface area contributed by atoms with Gasteiger partial charge < -0.3 is 15.1 Å². The molecule has 0 rings (SSSR count). The average molecular weight is 177 g/mol. The third-order valence-electron chi connectivity index (χ3n) is 0.513. The number of carboxylic acids is 2. The standard InChI is InChI=1S/C3H7NO.C3H4O4/c1-4(2)3-5;4-2(5)1-3(6)7/h3H,1-2H3;1H2,(H,4,5)(H,6,7). The molecule has 12 heavy (non-hydrogen) atoms. The molecule has 0 aliphatic carbocycles. The van der Waals surface area contributed by atoms with Crippen molar-refractivity contribution in [3.63, 3.8) is 0 Å². The quantitative estimate of drug-likeness (QED) is 0.437. The number of rotatable bonds is 3. The highest BCUT2D eigenvalue weighted by molar-refractivity contribution is 5.88. The monoisotopic (exact) mass is 177 g/mol. The lowest BCUT2D eigenvalue weighted by Gasteiger charge is -1.93. The van der Waals surface area contributed by atoms with Gasteiger partial charge in [0.05, 0.1) is 0 Å². The molecular formula is C6H11NO5. The van der Waals surface area contributed by atoms with Crippen LogP contribution in [0.5, 0.6) is 0 Å². The molecule has 6 heteroatoms. The van der Waals surface area contributed by atoms with E-state index in [4.69, 9.17) is 10.2 Å². The third kappa shape index (κ3) is 23.7. The van der Waals surface area contributed by atoms with E-state index in [1.54, 1.807) is 14.1 Å². The summed E-state index contributed by atoms with van der Waals surface area (Å²) in [4.78, 5) is 29.7. The molecule has 0 aliphatic rings. The molecule has 0 aromatic carbocycles. The van der Waals surface area contributed by atoms with Gasteiger partial charge in [0.25, 0.3) is 0 Å². The molecule has 1 amide bonds. The van der Waals surface area contributed by atoms with Gasteiger partial charge in [-0.25, -0.2) is 0 Å². The maximum absolute atomic E-state index is 9.43. The van der Waals surface area contributed by atoms with Crippen LogP contribution in [0.4, 0.5) is 0 Å². The lowest BCUT2D eigenvalue weighted by molar-refractivity contribution is -0.147. The van der Waals surface area contributed by atoms with Crippen molar-refractivity contribution in [1.29, 1.82) is 0 Å². The molecule has 2 N–H and O–H groups in total. The van der Waals surface area contributed by atoms with Crippen LogP contribution in [-0.2, 0) is 14.4 Å². The van der Waals surface area contributed by atoms with E-state index in [1.807, 2.05) is 0 Å². The van der Waals surface area contributed by atoms with E-state index in [9.17, 15) is 14.4 Å². The average Bonchev–Trinajstić information content (AvgIpc) is 1.85. The van der Waals surface area contributed by atoms with E-state index < -0.39 is 18.4 Å². The first-order valence-electron chi connectivity index (χ1n) is 2.95. The van der Waals surface area contributed by atoms with Crippen LogP contribution in [0.15, 0.2) is 0 Å². The number of hydrogen-bond acceptors (Lipinski definition) is 3. The third-order valence-corrected chi connectivity index (χ3v) is 0.513. The van der Waals surface area contributed by atoms with Crippen LogP contribution in [0.1, 0.15) is 6.42 Å². The van der Waals surface area contributed by atoms with Gasteiger partial charge in [0.15, 0.2) is 0 Å². The number of aliphatic carboxylic acids is 2. The number of carbonyl (C=O) groups is 3. The Labute approximate surface area is 69.4 Å².